The van der Waals surface area contributed by atoms with Crippen LogP contribution < -0.4 is 20.2 Å². The summed E-state index contributed by atoms with van der Waals surface area (Å²) in [5.74, 6) is 0.231. The van der Waals surface area contributed by atoms with Gasteiger partial charge in [-0.2, -0.15) is 0 Å². The van der Waals surface area contributed by atoms with Crippen LogP contribution in [-0.4, -0.2) is 29.3 Å². The van der Waals surface area contributed by atoms with E-state index in [0.29, 0.717) is 52.8 Å². The average molecular weight is 458 g/mol. The van der Waals surface area contributed by atoms with Crippen LogP contribution in [0.1, 0.15) is 34.5 Å². The summed E-state index contributed by atoms with van der Waals surface area (Å²) in [5.41, 5.74) is 3.10. The van der Waals surface area contributed by atoms with Crippen LogP contribution >= 0.6 is 0 Å². The molecule has 172 valence electrons. The standard InChI is InChI=1S/C26H22N2O6/c1-14-9-18(15(2)28-20-6-4-3-5-17(20)26(30)31)24-19(10-14)21(29)12-22(34-24)16-11-23-25(27-13-16)33-8-7-32-23/h3-6,9-13,15,28H,7-8H2,1-2H3,(H,30,31)/t15-/m1/s1. The summed E-state index contributed by atoms with van der Waals surface area (Å²) in [7, 11) is 0. The summed E-state index contributed by atoms with van der Waals surface area (Å²) in [4.78, 5) is 29.0. The fourth-order valence-electron chi connectivity index (χ4n) is 4.07. The van der Waals surface area contributed by atoms with Crippen molar-refractivity contribution < 1.29 is 23.8 Å². The van der Waals surface area contributed by atoms with Gasteiger partial charge in [-0.15, -0.1) is 0 Å². The largest absolute Gasteiger partial charge is 0.484 e. The van der Waals surface area contributed by atoms with Crippen LogP contribution in [0.5, 0.6) is 11.6 Å². The molecule has 0 amide bonds. The zero-order valence-corrected chi connectivity index (χ0v) is 18.6. The van der Waals surface area contributed by atoms with Crippen LogP contribution in [0.2, 0.25) is 0 Å². The number of nitrogens with one attached hydrogen (secondary N) is 1. The first kappa shape index (κ1) is 21.5. The second-order valence-electron chi connectivity index (χ2n) is 8.15. The Balaban J connectivity index is 1.61. The fraction of sp³-hybridized carbons (Fsp3) is 0.192. The van der Waals surface area contributed by atoms with Crippen molar-refractivity contribution in [1.82, 2.24) is 4.98 Å². The average Bonchev–Trinajstić information content (AvgIpc) is 2.83. The molecular weight excluding hydrogens is 436 g/mol. The van der Waals surface area contributed by atoms with Gasteiger partial charge in [0.25, 0.3) is 5.88 Å². The number of rotatable bonds is 5. The summed E-state index contributed by atoms with van der Waals surface area (Å²) in [6, 6.07) is 13.2. The predicted molar refractivity (Wildman–Crippen MR) is 127 cm³/mol. The monoisotopic (exact) mass is 458 g/mol. The number of hydrogen-bond acceptors (Lipinski definition) is 7. The quantitative estimate of drug-likeness (QED) is 0.439. The summed E-state index contributed by atoms with van der Waals surface area (Å²) < 4.78 is 17.3. The molecule has 3 heterocycles. The lowest BCUT2D eigenvalue weighted by Gasteiger charge is -2.20. The van der Waals surface area contributed by atoms with E-state index in [1.807, 2.05) is 19.9 Å². The van der Waals surface area contributed by atoms with Gasteiger partial charge < -0.3 is 24.3 Å². The number of nitrogens with zero attached hydrogens (tertiary/aromatic N) is 1. The van der Waals surface area contributed by atoms with E-state index in [1.165, 1.54) is 6.07 Å². The van der Waals surface area contributed by atoms with Gasteiger partial charge in [0.15, 0.2) is 11.2 Å². The minimum absolute atomic E-state index is 0.163. The molecule has 0 saturated heterocycles. The van der Waals surface area contributed by atoms with E-state index in [9.17, 15) is 14.7 Å². The van der Waals surface area contributed by atoms with Crippen LogP contribution in [0.4, 0.5) is 5.69 Å². The van der Waals surface area contributed by atoms with E-state index in [-0.39, 0.29) is 17.0 Å². The van der Waals surface area contributed by atoms with Crippen molar-refractivity contribution in [2.75, 3.05) is 18.5 Å². The van der Waals surface area contributed by atoms with Crippen molar-refractivity contribution in [3.63, 3.8) is 0 Å². The predicted octanol–water partition coefficient (Wildman–Crippen LogP) is 4.81. The van der Waals surface area contributed by atoms with Gasteiger partial charge in [-0.3, -0.25) is 4.79 Å². The second kappa shape index (κ2) is 8.55. The molecule has 0 fully saturated rings. The Morgan fingerprint density at radius 3 is 2.74 bits per heavy atom. The lowest BCUT2D eigenvalue weighted by Crippen LogP contribution is -2.16. The van der Waals surface area contributed by atoms with Gasteiger partial charge in [-0.05, 0) is 43.7 Å². The molecular formula is C26H22N2O6. The van der Waals surface area contributed by atoms with Gasteiger partial charge >= 0.3 is 5.97 Å². The van der Waals surface area contributed by atoms with Crippen molar-refractivity contribution in [1.29, 1.82) is 0 Å². The molecule has 0 saturated carbocycles. The number of benzene rings is 2. The van der Waals surface area contributed by atoms with Crippen molar-refractivity contribution in [3.8, 4) is 23.0 Å². The normalized spacial score (nSPS) is 13.5. The number of carboxylic acids is 1. The topological polar surface area (TPSA) is 111 Å². The SMILES string of the molecule is Cc1cc([C@@H](C)Nc2ccccc2C(=O)O)c2oc(-c3cnc4c(c3)OCCO4)cc(=O)c2c1. The number of aryl methyl sites for hydroxylation is 1. The summed E-state index contributed by atoms with van der Waals surface area (Å²) in [5, 5.41) is 13.2. The van der Waals surface area contributed by atoms with Crippen LogP contribution in [0.25, 0.3) is 22.3 Å². The first-order valence-corrected chi connectivity index (χ1v) is 10.8. The van der Waals surface area contributed by atoms with Crippen molar-refractivity contribution >= 4 is 22.6 Å². The molecule has 1 atom stereocenters. The third kappa shape index (κ3) is 3.94. The molecule has 0 unspecified atom stereocenters. The van der Waals surface area contributed by atoms with E-state index in [4.69, 9.17) is 13.9 Å². The Morgan fingerprint density at radius 2 is 1.91 bits per heavy atom. The highest BCUT2D eigenvalue weighted by Gasteiger charge is 2.20. The smallest absolute Gasteiger partial charge is 0.337 e. The lowest BCUT2D eigenvalue weighted by molar-refractivity contribution is 0.0698. The van der Waals surface area contributed by atoms with Crippen LogP contribution in [0, 0.1) is 6.92 Å². The molecule has 0 spiro atoms. The molecule has 1 aliphatic heterocycles. The molecule has 5 rings (SSSR count). The van der Waals surface area contributed by atoms with Gasteiger partial charge in [-0.1, -0.05) is 18.2 Å². The Bertz CT molecular complexity index is 1480. The number of hydrogen-bond donors (Lipinski definition) is 2. The number of aromatic carboxylic acids is 1. The number of aromatic nitrogens is 1. The second-order valence-corrected chi connectivity index (χ2v) is 8.15. The number of para-hydroxylation sites is 1. The minimum Gasteiger partial charge on any atom is -0.484 e. The van der Waals surface area contributed by atoms with Gasteiger partial charge in [0.05, 0.1) is 17.0 Å². The molecule has 34 heavy (non-hydrogen) atoms. The number of pyridine rings is 1. The maximum Gasteiger partial charge on any atom is 0.337 e. The van der Waals surface area contributed by atoms with Crippen LogP contribution in [0.3, 0.4) is 0 Å². The first-order chi connectivity index (χ1) is 16.4. The van der Waals surface area contributed by atoms with Crippen LogP contribution in [0.15, 0.2) is 63.9 Å². The highest BCUT2D eigenvalue weighted by atomic mass is 16.6. The Morgan fingerprint density at radius 1 is 1.12 bits per heavy atom. The Hall–Kier alpha value is -4.33. The lowest BCUT2D eigenvalue weighted by atomic mass is 10.00. The fourth-order valence-corrected chi connectivity index (χ4v) is 4.07. The summed E-state index contributed by atoms with van der Waals surface area (Å²) in [6.07, 6.45) is 1.58. The van der Waals surface area contributed by atoms with E-state index in [2.05, 4.69) is 10.3 Å². The summed E-state index contributed by atoms with van der Waals surface area (Å²) >= 11 is 0. The highest BCUT2D eigenvalue weighted by molar-refractivity contribution is 5.94. The van der Waals surface area contributed by atoms with Crippen molar-refractivity contribution in [3.05, 3.63) is 81.6 Å². The molecule has 8 nitrogen and oxygen atoms in total. The maximum absolute atomic E-state index is 13.1. The van der Waals surface area contributed by atoms with E-state index in [1.54, 1.807) is 42.6 Å². The highest BCUT2D eigenvalue weighted by Crippen LogP contribution is 2.34. The summed E-state index contributed by atoms with van der Waals surface area (Å²) in [6.45, 7) is 4.65. The Labute approximate surface area is 194 Å². The van der Waals surface area contributed by atoms with E-state index >= 15 is 0 Å². The van der Waals surface area contributed by atoms with Crippen molar-refractivity contribution in [2.24, 2.45) is 0 Å². The molecule has 2 N–H and O–H groups in total. The van der Waals surface area contributed by atoms with Gasteiger partial charge in [0, 0.05) is 29.1 Å². The molecule has 8 heteroatoms. The van der Waals surface area contributed by atoms with Gasteiger partial charge in [0.1, 0.15) is 24.6 Å². The molecule has 4 aromatic rings. The van der Waals surface area contributed by atoms with Crippen molar-refractivity contribution in [2.45, 2.75) is 19.9 Å². The Kier molecular flexibility index (Phi) is 5.41. The van der Waals surface area contributed by atoms with Gasteiger partial charge in [0.2, 0.25) is 0 Å². The number of carbonyl (C=O) groups is 1. The molecule has 0 bridgehead atoms. The first-order valence-electron chi connectivity index (χ1n) is 10.8. The molecule has 0 aliphatic carbocycles. The molecule has 2 aromatic heterocycles. The third-order valence-electron chi connectivity index (χ3n) is 5.68. The minimum atomic E-state index is -1.02. The van der Waals surface area contributed by atoms with E-state index < -0.39 is 5.97 Å². The molecule has 1 aliphatic rings. The third-order valence-corrected chi connectivity index (χ3v) is 5.68. The molecule has 0 radical (unpaired) electrons. The number of carboxylic acid groups (broad SMARTS) is 1. The zero-order valence-electron chi connectivity index (χ0n) is 18.6. The van der Waals surface area contributed by atoms with E-state index in [0.717, 1.165) is 11.1 Å². The molecule has 2 aromatic carbocycles. The number of anilines is 1. The number of ether oxygens (including phenoxy) is 2. The number of fused-ring (bicyclic) bond motifs is 2. The van der Waals surface area contributed by atoms with Gasteiger partial charge in [-0.25, -0.2) is 9.78 Å². The maximum atomic E-state index is 13.1. The zero-order chi connectivity index (χ0) is 23.8. The van der Waals surface area contributed by atoms with Crippen LogP contribution in [-0.2, 0) is 0 Å².